The van der Waals surface area contributed by atoms with E-state index in [1.807, 2.05) is 0 Å². The molecule has 1 atom stereocenters. The van der Waals surface area contributed by atoms with E-state index in [0.717, 1.165) is 38.1 Å². The standard InChI is InChI=1S/C21H27NO3/c1-16-2-4-17(5-3-16)20(21(24)11-13-22-14-12-21)10-15-25-19-8-6-18(23)7-9-19/h2-9,20,22-24H,10-15H2,1H3. The molecule has 3 rings (SSSR count). The van der Waals surface area contributed by atoms with Crippen LogP contribution in [0.25, 0.3) is 0 Å². The summed E-state index contributed by atoms with van der Waals surface area (Å²) in [6.07, 6.45) is 2.26. The monoisotopic (exact) mass is 341 g/mol. The van der Waals surface area contributed by atoms with Crippen molar-refractivity contribution in [2.75, 3.05) is 19.7 Å². The van der Waals surface area contributed by atoms with Crippen molar-refractivity contribution in [1.29, 1.82) is 0 Å². The summed E-state index contributed by atoms with van der Waals surface area (Å²) in [6.45, 7) is 4.29. The minimum Gasteiger partial charge on any atom is -0.508 e. The molecule has 0 aromatic heterocycles. The second kappa shape index (κ2) is 7.89. The number of piperidine rings is 1. The fourth-order valence-corrected chi connectivity index (χ4v) is 3.59. The van der Waals surface area contributed by atoms with Crippen LogP contribution < -0.4 is 10.1 Å². The van der Waals surface area contributed by atoms with E-state index in [1.165, 1.54) is 11.1 Å². The number of hydrogen-bond acceptors (Lipinski definition) is 4. The molecule has 1 fully saturated rings. The molecule has 4 nitrogen and oxygen atoms in total. The van der Waals surface area contributed by atoms with Gasteiger partial charge in [-0.2, -0.15) is 0 Å². The van der Waals surface area contributed by atoms with Crippen LogP contribution in [0.5, 0.6) is 11.5 Å². The Bertz CT molecular complexity index is 661. The zero-order valence-electron chi connectivity index (χ0n) is 14.7. The first-order valence-corrected chi connectivity index (χ1v) is 8.98. The van der Waals surface area contributed by atoms with Crippen LogP contribution in [-0.2, 0) is 0 Å². The summed E-state index contributed by atoms with van der Waals surface area (Å²) < 4.78 is 5.83. The fourth-order valence-electron chi connectivity index (χ4n) is 3.59. The molecule has 4 heteroatoms. The number of hydrogen-bond donors (Lipinski definition) is 3. The summed E-state index contributed by atoms with van der Waals surface area (Å²) in [4.78, 5) is 0. The molecular formula is C21H27NO3. The van der Waals surface area contributed by atoms with Gasteiger partial charge in [0.05, 0.1) is 12.2 Å². The predicted molar refractivity (Wildman–Crippen MR) is 99.2 cm³/mol. The van der Waals surface area contributed by atoms with Gasteiger partial charge < -0.3 is 20.3 Å². The van der Waals surface area contributed by atoms with E-state index in [1.54, 1.807) is 24.3 Å². The molecule has 134 valence electrons. The Labute approximate surface area is 149 Å². The molecule has 0 spiro atoms. The van der Waals surface area contributed by atoms with Gasteiger partial charge in [-0.15, -0.1) is 0 Å². The van der Waals surface area contributed by atoms with Crippen molar-refractivity contribution in [1.82, 2.24) is 5.32 Å². The molecule has 0 saturated carbocycles. The Morgan fingerprint density at radius 3 is 2.32 bits per heavy atom. The van der Waals surface area contributed by atoms with E-state index >= 15 is 0 Å². The fraction of sp³-hybridized carbons (Fsp3) is 0.429. The maximum absolute atomic E-state index is 11.3. The highest BCUT2D eigenvalue weighted by atomic mass is 16.5. The van der Waals surface area contributed by atoms with Gasteiger partial charge in [0.2, 0.25) is 0 Å². The van der Waals surface area contributed by atoms with Crippen LogP contribution in [0.3, 0.4) is 0 Å². The van der Waals surface area contributed by atoms with E-state index < -0.39 is 5.60 Å². The van der Waals surface area contributed by atoms with Crippen LogP contribution >= 0.6 is 0 Å². The van der Waals surface area contributed by atoms with Gasteiger partial charge in [0.25, 0.3) is 0 Å². The van der Waals surface area contributed by atoms with Crippen molar-refractivity contribution in [2.45, 2.75) is 37.7 Å². The minimum atomic E-state index is -0.696. The summed E-state index contributed by atoms with van der Waals surface area (Å²) in [6, 6.07) is 15.2. The topological polar surface area (TPSA) is 61.7 Å². The number of aryl methyl sites for hydroxylation is 1. The van der Waals surface area contributed by atoms with Crippen molar-refractivity contribution >= 4 is 0 Å². The number of phenolic OH excluding ortho intramolecular Hbond substituents is 1. The van der Waals surface area contributed by atoms with E-state index in [-0.39, 0.29) is 11.7 Å². The van der Waals surface area contributed by atoms with E-state index in [4.69, 9.17) is 4.74 Å². The number of aliphatic hydroxyl groups is 1. The van der Waals surface area contributed by atoms with Gasteiger partial charge in [0.1, 0.15) is 11.5 Å². The quantitative estimate of drug-likeness (QED) is 0.754. The molecule has 25 heavy (non-hydrogen) atoms. The lowest BCUT2D eigenvalue weighted by atomic mass is 9.74. The van der Waals surface area contributed by atoms with Gasteiger partial charge in [-0.1, -0.05) is 29.8 Å². The minimum absolute atomic E-state index is 0.0484. The summed E-state index contributed by atoms with van der Waals surface area (Å²) in [5.74, 6) is 1.01. The van der Waals surface area contributed by atoms with Gasteiger partial charge in [-0.3, -0.25) is 0 Å². The average molecular weight is 341 g/mol. The van der Waals surface area contributed by atoms with Gasteiger partial charge in [-0.05, 0) is 69.1 Å². The Kier molecular flexibility index (Phi) is 5.61. The largest absolute Gasteiger partial charge is 0.508 e. The van der Waals surface area contributed by atoms with Crippen molar-refractivity contribution in [3.63, 3.8) is 0 Å². The van der Waals surface area contributed by atoms with E-state index in [2.05, 4.69) is 36.5 Å². The van der Waals surface area contributed by atoms with Crippen molar-refractivity contribution in [2.24, 2.45) is 0 Å². The van der Waals surface area contributed by atoms with E-state index in [0.29, 0.717) is 6.61 Å². The average Bonchev–Trinajstić information content (AvgIpc) is 2.62. The lowest BCUT2D eigenvalue weighted by Crippen LogP contribution is -2.46. The summed E-state index contributed by atoms with van der Waals surface area (Å²) in [5, 5.41) is 23.9. The Morgan fingerprint density at radius 1 is 1.04 bits per heavy atom. The first-order chi connectivity index (χ1) is 12.1. The molecule has 2 aromatic rings. The third kappa shape index (κ3) is 4.53. The second-order valence-corrected chi connectivity index (χ2v) is 6.95. The molecule has 0 radical (unpaired) electrons. The first-order valence-electron chi connectivity index (χ1n) is 8.98. The lowest BCUT2D eigenvalue weighted by molar-refractivity contribution is -0.0213. The van der Waals surface area contributed by atoms with Crippen molar-refractivity contribution < 1.29 is 14.9 Å². The Hall–Kier alpha value is -2.04. The Balaban J connectivity index is 1.71. The maximum atomic E-state index is 11.3. The van der Waals surface area contributed by atoms with Crippen molar-refractivity contribution in [3.8, 4) is 11.5 Å². The van der Waals surface area contributed by atoms with Crippen LogP contribution in [0.15, 0.2) is 48.5 Å². The number of nitrogens with one attached hydrogen (secondary N) is 1. The molecule has 0 bridgehead atoms. The molecule has 1 saturated heterocycles. The molecule has 1 unspecified atom stereocenters. The van der Waals surface area contributed by atoms with E-state index in [9.17, 15) is 10.2 Å². The van der Waals surface area contributed by atoms with Gasteiger partial charge >= 0.3 is 0 Å². The SMILES string of the molecule is Cc1ccc(C(CCOc2ccc(O)cc2)C2(O)CCNCC2)cc1. The number of aromatic hydroxyl groups is 1. The third-order valence-electron chi connectivity index (χ3n) is 5.11. The van der Waals surface area contributed by atoms with Crippen LogP contribution in [0.2, 0.25) is 0 Å². The highest BCUT2D eigenvalue weighted by molar-refractivity contribution is 5.30. The molecule has 0 aliphatic carbocycles. The molecule has 1 heterocycles. The molecule has 2 aromatic carbocycles. The first kappa shape index (κ1) is 17.8. The second-order valence-electron chi connectivity index (χ2n) is 6.95. The number of benzene rings is 2. The smallest absolute Gasteiger partial charge is 0.119 e. The molecule has 0 amide bonds. The van der Waals surface area contributed by atoms with Crippen LogP contribution in [0.4, 0.5) is 0 Å². The van der Waals surface area contributed by atoms with Gasteiger partial charge in [-0.25, -0.2) is 0 Å². The summed E-state index contributed by atoms with van der Waals surface area (Å²) in [7, 11) is 0. The molecule has 1 aliphatic rings. The van der Waals surface area contributed by atoms with Crippen LogP contribution in [0.1, 0.15) is 36.3 Å². The van der Waals surface area contributed by atoms with Crippen LogP contribution in [-0.4, -0.2) is 35.5 Å². The molecule has 1 aliphatic heterocycles. The highest BCUT2D eigenvalue weighted by Crippen LogP contribution is 2.38. The predicted octanol–water partition coefficient (Wildman–Crippen LogP) is 3.37. The Morgan fingerprint density at radius 2 is 1.68 bits per heavy atom. The highest BCUT2D eigenvalue weighted by Gasteiger charge is 2.38. The molecule has 3 N–H and O–H groups in total. The number of rotatable bonds is 6. The maximum Gasteiger partial charge on any atom is 0.119 e. The van der Waals surface area contributed by atoms with Crippen LogP contribution in [0, 0.1) is 6.92 Å². The van der Waals surface area contributed by atoms with Gasteiger partial charge in [0.15, 0.2) is 0 Å². The number of ether oxygens (including phenoxy) is 1. The number of phenols is 1. The zero-order valence-corrected chi connectivity index (χ0v) is 14.7. The van der Waals surface area contributed by atoms with Crippen molar-refractivity contribution in [3.05, 3.63) is 59.7 Å². The lowest BCUT2D eigenvalue weighted by Gasteiger charge is -2.40. The zero-order chi connectivity index (χ0) is 17.7. The third-order valence-corrected chi connectivity index (χ3v) is 5.11. The van der Waals surface area contributed by atoms with Gasteiger partial charge in [0, 0.05) is 5.92 Å². The normalized spacial score (nSPS) is 17.8. The molecular weight excluding hydrogens is 314 g/mol. The summed E-state index contributed by atoms with van der Waals surface area (Å²) in [5.41, 5.74) is 1.70. The summed E-state index contributed by atoms with van der Waals surface area (Å²) >= 11 is 0.